The van der Waals surface area contributed by atoms with Gasteiger partial charge >= 0.3 is 0 Å². The summed E-state index contributed by atoms with van der Waals surface area (Å²) in [5, 5.41) is 7.48. The summed E-state index contributed by atoms with van der Waals surface area (Å²) in [6.07, 6.45) is 7.23. The first-order chi connectivity index (χ1) is 12.1. The number of unbranched alkanes of at least 4 members (excludes halogenated alkanes) is 1. The van der Waals surface area contributed by atoms with Gasteiger partial charge in [-0.3, -0.25) is 14.2 Å². The predicted molar refractivity (Wildman–Crippen MR) is 91.1 cm³/mol. The average molecular weight is 342 g/mol. The molecule has 0 N–H and O–H groups in total. The highest BCUT2D eigenvalue weighted by Crippen LogP contribution is 2.19. The van der Waals surface area contributed by atoms with Crippen LogP contribution in [0.1, 0.15) is 36.5 Å². The number of piperazine rings is 1. The molecule has 0 radical (unpaired) electrons. The molecule has 1 atom stereocenters. The fourth-order valence-corrected chi connectivity index (χ4v) is 2.98. The first-order valence-corrected chi connectivity index (χ1v) is 8.48. The van der Waals surface area contributed by atoms with Gasteiger partial charge in [0.2, 0.25) is 5.91 Å². The van der Waals surface area contributed by atoms with Crippen molar-refractivity contribution in [2.45, 2.75) is 32.2 Å². The van der Waals surface area contributed by atoms with Crippen molar-refractivity contribution >= 4 is 11.8 Å². The van der Waals surface area contributed by atoms with Crippen LogP contribution in [0.5, 0.6) is 0 Å². The molecule has 25 heavy (non-hydrogen) atoms. The Morgan fingerprint density at radius 3 is 2.64 bits per heavy atom. The summed E-state index contributed by atoms with van der Waals surface area (Å²) in [6.45, 7) is 3.18. The molecule has 8 nitrogen and oxygen atoms in total. The second-order valence-electron chi connectivity index (χ2n) is 6.19. The summed E-state index contributed by atoms with van der Waals surface area (Å²) in [6, 6.07) is 3.09. The average Bonchev–Trinajstić information content (AvgIpc) is 3.17. The maximum Gasteiger partial charge on any atom is 0.256 e. The standard InChI is InChI=1S/C17H22N6O2/c1-3-4-5-14-17(25)21(2)8-9-23(14)16(24)13-6-7-15(18-10-13)22-11-19-20-12-22/h6-7,10-12,14H,3-5,8-9H2,1-2H3/t14-/m0/s1. The quantitative estimate of drug-likeness (QED) is 0.813. The summed E-state index contributed by atoms with van der Waals surface area (Å²) < 4.78 is 1.66. The highest BCUT2D eigenvalue weighted by molar-refractivity contribution is 5.98. The molecule has 0 saturated carbocycles. The summed E-state index contributed by atoms with van der Waals surface area (Å²) >= 11 is 0. The van der Waals surface area contributed by atoms with Gasteiger partial charge in [0.05, 0.1) is 5.56 Å². The third-order valence-corrected chi connectivity index (χ3v) is 4.48. The van der Waals surface area contributed by atoms with E-state index in [1.54, 1.807) is 46.2 Å². The minimum Gasteiger partial charge on any atom is -0.342 e. The maximum absolute atomic E-state index is 12.9. The zero-order valence-corrected chi connectivity index (χ0v) is 14.5. The van der Waals surface area contributed by atoms with Crippen LogP contribution in [-0.2, 0) is 4.79 Å². The van der Waals surface area contributed by atoms with Crippen molar-refractivity contribution in [3.8, 4) is 5.82 Å². The van der Waals surface area contributed by atoms with Gasteiger partial charge in [-0.05, 0) is 18.6 Å². The number of nitrogens with zero attached hydrogens (tertiary/aromatic N) is 6. The molecule has 2 amide bonds. The Kier molecular flexibility index (Phi) is 5.06. The molecule has 0 bridgehead atoms. The zero-order valence-electron chi connectivity index (χ0n) is 14.5. The molecule has 2 aromatic heterocycles. The minimum atomic E-state index is -0.385. The molecular formula is C17H22N6O2. The van der Waals surface area contributed by atoms with Crippen LogP contribution in [0.2, 0.25) is 0 Å². The van der Waals surface area contributed by atoms with Crippen molar-refractivity contribution in [1.82, 2.24) is 29.5 Å². The summed E-state index contributed by atoms with van der Waals surface area (Å²) in [5.74, 6) is 0.506. The molecule has 132 valence electrons. The highest BCUT2D eigenvalue weighted by Gasteiger charge is 2.35. The van der Waals surface area contributed by atoms with Gasteiger partial charge in [-0.1, -0.05) is 19.8 Å². The Morgan fingerprint density at radius 2 is 2.00 bits per heavy atom. The van der Waals surface area contributed by atoms with E-state index in [2.05, 4.69) is 22.1 Å². The Morgan fingerprint density at radius 1 is 1.24 bits per heavy atom. The summed E-state index contributed by atoms with van der Waals surface area (Å²) in [4.78, 5) is 33.1. The van der Waals surface area contributed by atoms with Crippen LogP contribution in [-0.4, -0.2) is 67.5 Å². The fourth-order valence-electron chi connectivity index (χ4n) is 2.98. The van der Waals surface area contributed by atoms with Crippen LogP contribution in [0.25, 0.3) is 5.82 Å². The molecule has 1 aliphatic rings. The van der Waals surface area contributed by atoms with E-state index < -0.39 is 0 Å². The Balaban J connectivity index is 1.79. The number of hydrogen-bond acceptors (Lipinski definition) is 5. The zero-order chi connectivity index (χ0) is 17.8. The van der Waals surface area contributed by atoms with E-state index in [-0.39, 0.29) is 17.9 Å². The molecule has 0 aliphatic carbocycles. The molecular weight excluding hydrogens is 320 g/mol. The van der Waals surface area contributed by atoms with Gasteiger partial charge in [0.15, 0.2) is 0 Å². The Bertz CT molecular complexity index is 728. The number of aromatic nitrogens is 4. The minimum absolute atomic E-state index is 0.0159. The molecule has 8 heteroatoms. The molecule has 0 spiro atoms. The van der Waals surface area contributed by atoms with Crippen LogP contribution in [0.3, 0.4) is 0 Å². The SMILES string of the molecule is CCCC[C@H]1C(=O)N(C)CCN1C(=O)c1ccc(-n2cnnc2)nc1. The van der Waals surface area contributed by atoms with E-state index in [0.29, 0.717) is 30.9 Å². The number of amides is 2. The van der Waals surface area contributed by atoms with Crippen LogP contribution in [0, 0.1) is 0 Å². The number of likely N-dealkylation sites (N-methyl/N-ethyl adjacent to an activating group) is 1. The van der Waals surface area contributed by atoms with E-state index in [0.717, 1.165) is 12.8 Å². The van der Waals surface area contributed by atoms with Gasteiger partial charge in [-0.2, -0.15) is 0 Å². The van der Waals surface area contributed by atoms with Crippen LogP contribution in [0.15, 0.2) is 31.0 Å². The van der Waals surface area contributed by atoms with Gasteiger partial charge in [0, 0.05) is 26.3 Å². The second-order valence-corrected chi connectivity index (χ2v) is 6.19. The maximum atomic E-state index is 12.9. The van der Waals surface area contributed by atoms with Crippen LogP contribution in [0.4, 0.5) is 0 Å². The van der Waals surface area contributed by atoms with Crippen molar-refractivity contribution < 1.29 is 9.59 Å². The molecule has 0 aromatic carbocycles. The van der Waals surface area contributed by atoms with Crippen LogP contribution < -0.4 is 0 Å². The molecule has 0 unspecified atom stereocenters. The summed E-state index contributed by atoms with van der Waals surface area (Å²) in [5.41, 5.74) is 0.482. The van der Waals surface area contributed by atoms with Crippen molar-refractivity contribution in [3.63, 3.8) is 0 Å². The topological polar surface area (TPSA) is 84.2 Å². The molecule has 1 saturated heterocycles. The molecule has 3 rings (SSSR count). The lowest BCUT2D eigenvalue weighted by atomic mass is 10.0. The molecule has 2 aromatic rings. The lowest BCUT2D eigenvalue weighted by Crippen LogP contribution is -2.57. The number of carbonyl (C=O) groups excluding carboxylic acids is 2. The normalized spacial score (nSPS) is 17.8. The number of rotatable bonds is 5. The lowest BCUT2D eigenvalue weighted by molar-refractivity contribution is -0.138. The molecule has 1 aliphatic heterocycles. The summed E-state index contributed by atoms with van der Waals surface area (Å²) in [7, 11) is 1.79. The van der Waals surface area contributed by atoms with Crippen LogP contribution >= 0.6 is 0 Å². The largest absolute Gasteiger partial charge is 0.342 e. The third-order valence-electron chi connectivity index (χ3n) is 4.48. The van der Waals surface area contributed by atoms with Gasteiger partial charge in [-0.25, -0.2) is 4.98 Å². The van der Waals surface area contributed by atoms with Crippen molar-refractivity contribution in [2.24, 2.45) is 0 Å². The molecule has 3 heterocycles. The first kappa shape index (κ1) is 17.1. The fraction of sp³-hybridized carbons (Fsp3) is 0.471. The predicted octanol–water partition coefficient (Wildman–Crippen LogP) is 1.14. The van der Waals surface area contributed by atoms with Gasteiger partial charge in [0.25, 0.3) is 5.91 Å². The molecule has 1 fully saturated rings. The van der Waals surface area contributed by atoms with Gasteiger partial charge in [-0.15, -0.1) is 10.2 Å². The number of hydrogen-bond donors (Lipinski definition) is 0. The monoisotopic (exact) mass is 342 g/mol. The van der Waals surface area contributed by atoms with E-state index in [1.165, 1.54) is 6.20 Å². The van der Waals surface area contributed by atoms with Crippen molar-refractivity contribution in [2.75, 3.05) is 20.1 Å². The second kappa shape index (κ2) is 7.42. The van der Waals surface area contributed by atoms with Gasteiger partial charge < -0.3 is 9.80 Å². The van der Waals surface area contributed by atoms with E-state index >= 15 is 0 Å². The van der Waals surface area contributed by atoms with Crippen molar-refractivity contribution in [3.05, 3.63) is 36.5 Å². The van der Waals surface area contributed by atoms with E-state index in [1.807, 2.05) is 0 Å². The van der Waals surface area contributed by atoms with E-state index in [9.17, 15) is 9.59 Å². The lowest BCUT2D eigenvalue weighted by Gasteiger charge is -2.39. The Hall–Kier alpha value is -2.77. The number of pyridine rings is 1. The van der Waals surface area contributed by atoms with Gasteiger partial charge in [0.1, 0.15) is 24.5 Å². The highest BCUT2D eigenvalue weighted by atomic mass is 16.2. The number of carbonyl (C=O) groups is 2. The smallest absolute Gasteiger partial charge is 0.256 e. The van der Waals surface area contributed by atoms with E-state index in [4.69, 9.17) is 0 Å². The van der Waals surface area contributed by atoms with Crippen molar-refractivity contribution in [1.29, 1.82) is 0 Å². The third kappa shape index (κ3) is 3.52. The first-order valence-electron chi connectivity index (χ1n) is 8.48. The Labute approximate surface area is 146 Å².